The lowest BCUT2D eigenvalue weighted by atomic mass is 10.3. The largest absolute Gasteiger partial charge is 0.481 e. The Labute approximate surface area is 100 Å². The highest BCUT2D eigenvalue weighted by Crippen LogP contribution is 2.13. The third-order valence-corrected chi connectivity index (χ3v) is 3.16. The Morgan fingerprint density at radius 3 is 2.62 bits per heavy atom. The van der Waals surface area contributed by atoms with Crippen LogP contribution in [0.1, 0.15) is 6.92 Å². The molecule has 0 bridgehead atoms. The Kier molecular flexibility index (Phi) is 5.78. The Morgan fingerprint density at radius 1 is 1.38 bits per heavy atom. The number of thioether (sulfide) groups is 1. The molecule has 0 atom stereocenters. The number of carboxylic acids is 1. The van der Waals surface area contributed by atoms with E-state index >= 15 is 0 Å². The third kappa shape index (κ3) is 4.57. The minimum Gasteiger partial charge on any atom is -0.481 e. The SMILES string of the molecule is CCN(CCSCC(=O)O)c1ccccc1. The van der Waals surface area contributed by atoms with Crippen molar-refractivity contribution in [1.82, 2.24) is 0 Å². The quantitative estimate of drug-likeness (QED) is 0.741. The molecule has 0 saturated carbocycles. The third-order valence-electron chi connectivity index (χ3n) is 2.23. The van der Waals surface area contributed by atoms with Crippen molar-refractivity contribution >= 4 is 23.4 Å². The maximum absolute atomic E-state index is 10.3. The van der Waals surface area contributed by atoms with Gasteiger partial charge in [0.05, 0.1) is 5.75 Å². The van der Waals surface area contributed by atoms with E-state index in [9.17, 15) is 4.79 Å². The predicted octanol–water partition coefficient (Wildman–Crippen LogP) is 2.33. The zero-order chi connectivity index (χ0) is 11.8. The van der Waals surface area contributed by atoms with Gasteiger partial charge in [0, 0.05) is 24.5 Å². The van der Waals surface area contributed by atoms with Gasteiger partial charge in [-0.05, 0) is 19.1 Å². The number of hydrogen-bond acceptors (Lipinski definition) is 3. The Bertz CT molecular complexity index is 316. The second kappa shape index (κ2) is 7.17. The summed E-state index contributed by atoms with van der Waals surface area (Å²) in [6, 6.07) is 10.2. The summed E-state index contributed by atoms with van der Waals surface area (Å²) in [5, 5.41) is 8.52. The second-order valence-electron chi connectivity index (χ2n) is 3.36. The molecular formula is C12H17NO2S. The number of anilines is 1. The molecule has 1 aromatic carbocycles. The molecule has 0 saturated heterocycles. The molecule has 88 valence electrons. The van der Waals surface area contributed by atoms with Crippen LogP contribution in [-0.4, -0.2) is 35.7 Å². The van der Waals surface area contributed by atoms with Gasteiger partial charge in [-0.15, -0.1) is 11.8 Å². The van der Waals surface area contributed by atoms with E-state index < -0.39 is 5.97 Å². The van der Waals surface area contributed by atoms with Crippen molar-refractivity contribution in [3.8, 4) is 0 Å². The maximum Gasteiger partial charge on any atom is 0.313 e. The van der Waals surface area contributed by atoms with Crippen molar-refractivity contribution in [2.75, 3.05) is 29.5 Å². The summed E-state index contributed by atoms with van der Waals surface area (Å²) in [6.45, 7) is 3.94. The Morgan fingerprint density at radius 2 is 2.06 bits per heavy atom. The fourth-order valence-corrected chi connectivity index (χ4v) is 2.11. The molecule has 0 aromatic heterocycles. The molecule has 1 N–H and O–H groups in total. The van der Waals surface area contributed by atoms with Crippen LogP contribution in [-0.2, 0) is 4.79 Å². The smallest absolute Gasteiger partial charge is 0.313 e. The molecule has 0 aliphatic rings. The monoisotopic (exact) mass is 239 g/mol. The summed E-state index contributed by atoms with van der Waals surface area (Å²) >= 11 is 1.46. The molecule has 0 amide bonds. The first-order chi connectivity index (χ1) is 7.74. The van der Waals surface area contributed by atoms with Gasteiger partial charge in [0.1, 0.15) is 0 Å². The van der Waals surface area contributed by atoms with Crippen LogP contribution in [0.2, 0.25) is 0 Å². The number of carbonyl (C=O) groups is 1. The number of rotatable bonds is 7. The van der Waals surface area contributed by atoms with Crippen LogP contribution < -0.4 is 4.90 Å². The van der Waals surface area contributed by atoms with Crippen molar-refractivity contribution in [3.05, 3.63) is 30.3 Å². The van der Waals surface area contributed by atoms with Crippen LogP contribution in [0.5, 0.6) is 0 Å². The minimum absolute atomic E-state index is 0.187. The number of carboxylic acid groups (broad SMARTS) is 1. The standard InChI is InChI=1S/C12H17NO2S/c1-2-13(8-9-16-10-12(14)15)11-6-4-3-5-7-11/h3-7H,2,8-10H2,1H3,(H,14,15). The topological polar surface area (TPSA) is 40.5 Å². The van der Waals surface area contributed by atoms with Gasteiger partial charge in [-0.25, -0.2) is 0 Å². The van der Waals surface area contributed by atoms with Crippen molar-refractivity contribution in [2.24, 2.45) is 0 Å². The van der Waals surface area contributed by atoms with Gasteiger partial charge in [0.15, 0.2) is 0 Å². The van der Waals surface area contributed by atoms with Gasteiger partial charge in [-0.1, -0.05) is 18.2 Å². The lowest BCUT2D eigenvalue weighted by Crippen LogP contribution is -2.25. The highest BCUT2D eigenvalue weighted by Gasteiger charge is 2.03. The summed E-state index contributed by atoms with van der Waals surface area (Å²) in [5.41, 5.74) is 1.20. The van der Waals surface area contributed by atoms with Crippen molar-refractivity contribution in [1.29, 1.82) is 0 Å². The highest BCUT2D eigenvalue weighted by atomic mass is 32.2. The van der Waals surface area contributed by atoms with E-state index in [4.69, 9.17) is 5.11 Å². The van der Waals surface area contributed by atoms with Crippen LogP contribution >= 0.6 is 11.8 Å². The molecule has 0 spiro atoms. The van der Waals surface area contributed by atoms with Crippen molar-refractivity contribution in [2.45, 2.75) is 6.92 Å². The molecular weight excluding hydrogens is 222 g/mol. The van der Waals surface area contributed by atoms with Crippen LogP contribution in [0.25, 0.3) is 0 Å². The van der Waals surface area contributed by atoms with E-state index in [0.29, 0.717) is 0 Å². The lowest BCUT2D eigenvalue weighted by Gasteiger charge is -2.22. The van der Waals surface area contributed by atoms with E-state index in [1.54, 1.807) is 0 Å². The maximum atomic E-state index is 10.3. The average molecular weight is 239 g/mol. The number of benzene rings is 1. The van der Waals surface area contributed by atoms with E-state index in [0.717, 1.165) is 18.8 Å². The van der Waals surface area contributed by atoms with Gasteiger partial charge in [0.2, 0.25) is 0 Å². The van der Waals surface area contributed by atoms with Crippen molar-refractivity contribution in [3.63, 3.8) is 0 Å². The van der Waals surface area contributed by atoms with Crippen LogP contribution in [0.3, 0.4) is 0 Å². The van der Waals surface area contributed by atoms with Gasteiger partial charge < -0.3 is 10.0 Å². The lowest BCUT2D eigenvalue weighted by molar-refractivity contribution is -0.133. The second-order valence-corrected chi connectivity index (χ2v) is 4.47. The number of aliphatic carboxylic acids is 1. The van der Waals surface area contributed by atoms with E-state index in [-0.39, 0.29) is 5.75 Å². The normalized spacial score (nSPS) is 10.1. The molecule has 3 nitrogen and oxygen atoms in total. The Hall–Kier alpha value is -1.16. The molecule has 0 aliphatic carbocycles. The number of para-hydroxylation sites is 1. The van der Waals surface area contributed by atoms with Gasteiger partial charge in [0.25, 0.3) is 0 Å². The first kappa shape index (κ1) is 12.9. The molecule has 1 aromatic rings. The minimum atomic E-state index is -0.743. The van der Waals surface area contributed by atoms with E-state index in [1.807, 2.05) is 18.2 Å². The van der Waals surface area contributed by atoms with Crippen molar-refractivity contribution < 1.29 is 9.90 Å². The van der Waals surface area contributed by atoms with E-state index in [2.05, 4.69) is 24.0 Å². The summed E-state index contributed by atoms with van der Waals surface area (Å²) in [7, 11) is 0. The summed E-state index contributed by atoms with van der Waals surface area (Å²) in [5.74, 6) is 0.286. The van der Waals surface area contributed by atoms with Gasteiger partial charge >= 0.3 is 5.97 Å². The highest BCUT2D eigenvalue weighted by molar-refractivity contribution is 7.99. The fourth-order valence-electron chi connectivity index (χ4n) is 1.44. The van der Waals surface area contributed by atoms with Crippen LogP contribution in [0, 0.1) is 0 Å². The van der Waals surface area contributed by atoms with Crippen LogP contribution in [0.15, 0.2) is 30.3 Å². The molecule has 0 radical (unpaired) electrons. The Balaban J connectivity index is 2.35. The summed E-state index contributed by atoms with van der Waals surface area (Å²) in [4.78, 5) is 12.6. The van der Waals surface area contributed by atoms with Gasteiger partial charge in [-0.3, -0.25) is 4.79 Å². The van der Waals surface area contributed by atoms with Crippen LogP contribution in [0.4, 0.5) is 5.69 Å². The first-order valence-corrected chi connectivity index (χ1v) is 6.49. The summed E-state index contributed by atoms with van der Waals surface area (Å²) in [6.07, 6.45) is 0. The molecule has 1 rings (SSSR count). The average Bonchev–Trinajstić information content (AvgIpc) is 2.30. The summed E-state index contributed by atoms with van der Waals surface area (Å²) < 4.78 is 0. The first-order valence-electron chi connectivity index (χ1n) is 5.33. The molecule has 0 aliphatic heterocycles. The van der Waals surface area contributed by atoms with Gasteiger partial charge in [-0.2, -0.15) is 0 Å². The molecule has 4 heteroatoms. The molecule has 0 unspecified atom stereocenters. The molecule has 0 fully saturated rings. The zero-order valence-corrected chi connectivity index (χ0v) is 10.2. The molecule has 0 heterocycles. The number of nitrogens with zero attached hydrogens (tertiary/aromatic N) is 1. The fraction of sp³-hybridized carbons (Fsp3) is 0.417. The number of hydrogen-bond donors (Lipinski definition) is 1. The van der Waals surface area contributed by atoms with E-state index in [1.165, 1.54) is 17.4 Å². The zero-order valence-electron chi connectivity index (χ0n) is 9.43. The predicted molar refractivity (Wildman–Crippen MR) is 69.3 cm³/mol. The molecule has 16 heavy (non-hydrogen) atoms.